The standard InChI is InChI=1S/C22H27FN4O4S/c23-20-6-1-2-7-21(20)26-10-8-25(9-11-26)17-22(28)24-18-4-3-5-19(16-18)32(29,30)27-12-14-31-15-13-27/h1-7,16H,8-15,17H2,(H,24,28). The van der Waals surface area contributed by atoms with E-state index in [1.54, 1.807) is 24.3 Å². The summed E-state index contributed by atoms with van der Waals surface area (Å²) in [5.74, 6) is -0.462. The minimum absolute atomic E-state index is 0.149. The zero-order valence-corrected chi connectivity index (χ0v) is 18.6. The van der Waals surface area contributed by atoms with Crippen molar-refractivity contribution in [2.45, 2.75) is 4.90 Å². The first-order valence-electron chi connectivity index (χ1n) is 10.6. The van der Waals surface area contributed by atoms with Crippen LogP contribution in [0.5, 0.6) is 0 Å². The average Bonchev–Trinajstić information content (AvgIpc) is 2.81. The number of benzene rings is 2. The summed E-state index contributed by atoms with van der Waals surface area (Å²) in [6.07, 6.45) is 0. The van der Waals surface area contributed by atoms with Crippen LogP contribution in [0.15, 0.2) is 53.4 Å². The Morgan fingerprint density at radius 2 is 1.69 bits per heavy atom. The summed E-state index contributed by atoms with van der Waals surface area (Å²) in [6.45, 7) is 4.09. The lowest BCUT2D eigenvalue weighted by atomic mass is 10.2. The van der Waals surface area contributed by atoms with Crippen molar-refractivity contribution in [3.05, 3.63) is 54.3 Å². The molecular weight excluding hydrogens is 435 g/mol. The SMILES string of the molecule is O=C(CN1CCN(c2ccccc2F)CC1)Nc1cccc(S(=O)(=O)N2CCOCC2)c1. The lowest BCUT2D eigenvalue weighted by Crippen LogP contribution is -2.48. The molecule has 2 aliphatic rings. The summed E-state index contributed by atoms with van der Waals surface area (Å²) in [4.78, 5) is 16.7. The van der Waals surface area contributed by atoms with Crippen molar-refractivity contribution in [3.63, 3.8) is 0 Å². The van der Waals surface area contributed by atoms with Gasteiger partial charge in [0.15, 0.2) is 0 Å². The predicted octanol–water partition coefficient (Wildman–Crippen LogP) is 1.61. The number of sulfonamides is 1. The van der Waals surface area contributed by atoms with Crippen LogP contribution in [0.3, 0.4) is 0 Å². The van der Waals surface area contributed by atoms with Crippen LogP contribution in [0.25, 0.3) is 0 Å². The Morgan fingerprint density at radius 1 is 0.969 bits per heavy atom. The van der Waals surface area contributed by atoms with Gasteiger partial charge in [-0.25, -0.2) is 12.8 Å². The number of carbonyl (C=O) groups excluding carboxylic acids is 1. The monoisotopic (exact) mass is 462 g/mol. The maximum absolute atomic E-state index is 14.0. The third kappa shape index (κ3) is 5.26. The predicted molar refractivity (Wildman–Crippen MR) is 120 cm³/mol. The second-order valence-electron chi connectivity index (χ2n) is 7.81. The van der Waals surface area contributed by atoms with Crippen LogP contribution in [0.4, 0.5) is 15.8 Å². The summed E-state index contributed by atoms with van der Waals surface area (Å²) in [7, 11) is -3.63. The van der Waals surface area contributed by atoms with Crippen molar-refractivity contribution in [2.24, 2.45) is 0 Å². The molecule has 2 aromatic carbocycles. The van der Waals surface area contributed by atoms with E-state index in [1.165, 1.54) is 22.5 Å². The number of morpholine rings is 1. The second kappa shape index (κ2) is 9.95. The Morgan fingerprint density at radius 3 is 2.41 bits per heavy atom. The molecule has 4 rings (SSSR count). The van der Waals surface area contributed by atoms with Gasteiger partial charge >= 0.3 is 0 Å². The fourth-order valence-electron chi connectivity index (χ4n) is 3.93. The molecule has 0 spiro atoms. The van der Waals surface area contributed by atoms with Crippen molar-refractivity contribution in [2.75, 3.05) is 69.2 Å². The number of anilines is 2. The van der Waals surface area contributed by atoms with E-state index in [-0.39, 0.29) is 23.2 Å². The van der Waals surface area contributed by atoms with E-state index in [9.17, 15) is 17.6 Å². The van der Waals surface area contributed by atoms with Crippen molar-refractivity contribution >= 4 is 27.3 Å². The highest BCUT2D eigenvalue weighted by Crippen LogP contribution is 2.22. The van der Waals surface area contributed by atoms with E-state index in [4.69, 9.17) is 4.74 Å². The highest BCUT2D eigenvalue weighted by Gasteiger charge is 2.27. The van der Waals surface area contributed by atoms with E-state index >= 15 is 0 Å². The molecule has 0 radical (unpaired) electrons. The highest BCUT2D eigenvalue weighted by molar-refractivity contribution is 7.89. The van der Waals surface area contributed by atoms with Gasteiger partial charge in [0, 0.05) is 45.0 Å². The molecule has 0 unspecified atom stereocenters. The third-order valence-electron chi connectivity index (χ3n) is 5.66. The molecule has 1 N–H and O–H groups in total. The zero-order chi connectivity index (χ0) is 22.6. The van der Waals surface area contributed by atoms with Crippen molar-refractivity contribution in [1.29, 1.82) is 0 Å². The van der Waals surface area contributed by atoms with E-state index in [1.807, 2.05) is 15.9 Å². The van der Waals surface area contributed by atoms with E-state index in [2.05, 4.69) is 5.32 Å². The number of ether oxygens (including phenoxy) is 1. The van der Waals surface area contributed by atoms with E-state index < -0.39 is 10.0 Å². The molecule has 2 aliphatic heterocycles. The summed E-state index contributed by atoms with van der Waals surface area (Å²) in [5, 5.41) is 2.79. The lowest BCUT2D eigenvalue weighted by Gasteiger charge is -2.35. The Balaban J connectivity index is 1.32. The summed E-state index contributed by atoms with van der Waals surface area (Å²) < 4.78 is 46.3. The molecule has 0 aliphatic carbocycles. The number of hydrogen-bond donors (Lipinski definition) is 1. The number of nitrogens with one attached hydrogen (secondary N) is 1. The highest BCUT2D eigenvalue weighted by atomic mass is 32.2. The smallest absolute Gasteiger partial charge is 0.243 e. The fourth-order valence-corrected chi connectivity index (χ4v) is 5.38. The van der Waals surface area contributed by atoms with Crippen LogP contribution in [-0.4, -0.2) is 82.6 Å². The number of amides is 1. The van der Waals surface area contributed by atoms with Gasteiger partial charge in [-0.3, -0.25) is 9.69 Å². The molecule has 172 valence electrons. The van der Waals surface area contributed by atoms with E-state index in [0.717, 1.165) is 0 Å². The van der Waals surface area contributed by atoms with Gasteiger partial charge in [-0.05, 0) is 30.3 Å². The van der Waals surface area contributed by atoms with Gasteiger partial charge in [0.2, 0.25) is 15.9 Å². The van der Waals surface area contributed by atoms with Crippen LogP contribution in [0, 0.1) is 5.82 Å². The average molecular weight is 463 g/mol. The van der Waals surface area contributed by atoms with Gasteiger partial charge < -0.3 is 15.0 Å². The number of para-hydroxylation sites is 1. The van der Waals surface area contributed by atoms with Crippen molar-refractivity contribution in [3.8, 4) is 0 Å². The van der Waals surface area contributed by atoms with Crippen molar-refractivity contribution < 1.29 is 22.3 Å². The molecule has 0 atom stereocenters. The maximum atomic E-state index is 14.0. The molecule has 2 aromatic rings. The molecule has 2 heterocycles. The van der Waals surface area contributed by atoms with Gasteiger partial charge in [0.25, 0.3) is 0 Å². The van der Waals surface area contributed by atoms with Gasteiger partial charge in [0.05, 0.1) is 30.3 Å². The van der Waals surface area contributed by atoms with E-state index in [0.29, 0.717) is 63.9 Å². The largest absolute Gasteiger partial charge is 0.379 e. The molecular formula is C22H27FN4O4S. The van der Waals surface area contributed by atoms with Crippen LogP contribution < -0.4 is 10.2 Å². The second-order valence-corrected chi connectivity index (χ2v) is 9.75. The van der Waals surface area contributed by atoms with Crippen LogP contribution >= 0.6 is 0 Å². The lowest BCUT2D eigenvalue weighted by molar-refractivity contribution is -0.117. The molecule has 32 heavy (non-hydrogen) atoms. The number of nitrogens with zero attached hydrogens (tertiary/aromatic N) is 3. The van der Waals surface area contributed by atoms with Crippen molar-refractivity contribution in [1.82, 2.24) is 9.21 Å². The first-order valence-corrected chi connectivity index (χ1v) is 12.1. The Bertz CT molecular complexity index is 1050. The van der Waals surface area contributed by atoms with Crippen LogP contribution in [-0.2, 0) is 19.6 Å². The van der Waals surface area contributed by atoms with Gasteiger partial charge in [-0.1, -0.05) is 18.2 Å². The third-order valence-corrected chi connectivity index (χ3v) is 7.55. The molecule has 1 amide bonds. The summed E-state index contributed by atoms with van der Waals surface area (Å²) in [6, 6.07) is 13.0. The van der Waals surface area contributed by atoms with Gasteiger partial charge in [0.1, 0.15) is 5.82 Å². The minimum Gasteiger partial charge on any atom is -0.379 e. The molecule has 10 heteroatoms. The number of halogens is 1. The molecule has 2 saturated heterocycles. The Labute approximate surface area is 187 Å². The molecule has 2 fully saturated rings. The fraction of sp³-hybridized carbons (Fsp3) is 0.409. The maximum Gasteiger partial charge on any atom is 0.243 e. The first kappa shape index (κ1) is 22.7. The molecule has 0 saturated carbocycles. The van der Waals surface area contributed by atoms with Gasteiger partial charge in [-0.2, -0.15) is 4.31 Å². The topological polar surface area (TPSA) is 82.2 Å². The quantitative estimate of drug-likeness (QED) is 0.703. The number of hydrogen-bond acceptors (Lipinski definition) is 6. The Kier molecular flexibility index (Phi) is 7.04. The van der Waals surface area contributed by atoms with Crippen LogP contribution in [0.2, 0.25) is 0 Å². The van der Waals surface area contributed by atoms with Crippen LogP contribution in [0.1, 0.15) is 0 Å². The Hall–Kier alpha value is -2.53. The first-order chi connectivity index (χ1) is 15.4. The number of carbonyl (C=O) groups is 1. The zero-order valence-electron chi connectivity index (χ0n) is 17.7. The molecule has 0 bridgehead atoms. The van der Waals surface area contributed by atoms with Gasteiger partial charge in [-0.15, -0.1) is 0 Å². The number of piperazine rings is 1. The summed E-state index contributed by atoms with van der Waals surface area (Å²) in [5.41, 5.74) is 1.02. The summed E-state index contributed by atoms with van der Waals surface area (Å²) >= 11 is 0. The molecule has 0 aromatic heterocycles. The number of rotatable bonds is 6. The minimum atomic E-state index is -3.63. The molecule has 8 nitrogen and oxygen atoms in total. The normalized spacial score (nSPS) is 18.5.